The Hall–Kier alpha value is -3.85. The molecule has 10 heteroatoms. The Bertz CT molecular complexity index is 1270. The maximum atomic E-state index is 7.06. The van der Waals surface area contributed by atoms with Gasteiger partial charge >= 0.3 is 0 Å². The molecule has 0 spiro atoms. The lowest BCUT2D eigenvalue weighted by Crippen LogP contribution is -2.06. The summed E-state index contributed by atoms with van der Waals surface area (Å²) >= 11 is 5.90. The van der Waals surface area contributed by atoms with Gasteiger partial charge in [0.1, 0.15) is 40.7 Å². The molecule has 0 amide bonds. The molecule has 4 aromatic rings. The van der Waals surface area contributed by atoms with Crippen molar-refractivity contribution in [3.63, 3.8) is 0 Å². The van der Waals surface area contributed by atoms with Crippen LogP contribution in [0.1, 0.15) is 5.56 Å². The molecule has 0 aliphatic heterocycles. The van der Waals surface area contributed by atoms with Crippen LogP contribution in [-0.4, -0.2) is 31.3 Å². The van der Waals surface area contributed by atoms with Gasteiger partial charge in [0.05, 0.1) is 6.20 Å². The van der Waals surface area contributed by atoms with Crippen LogP contribution in [0.3, 0.4) is 0 Å². The number of aryl methyl sites for hydroxylation is 1. The second kappa shape index (κ2) is 8.03. The predicted molar refractivity (Wildman–Crippen MR) is 110 cm³/mol. The molecule has 4 rings (SSSR count). The zero-order valence-electron chi connectivity index (χ0n) is 15.2. The molecular formula is C19H15ClN8O. The fourth-order valence-electron chi connectivity index (χ4n) is 2.67. The average molecular weight is 407 g/mol. The van der Waals surface area contributed by atoms with Gasteiger partial charge in [0.25, 0.3) is 0 Å². The normalized spacial score (nSPS) is 11.4. The first-order chi connectivity index (χ1) is 14.1. The van der Waals surface area contributed by atoms with Gasteiger partial charge in [-0.05, 0) is 48.4 Å². The van der Waals surface area contributed by atoms with Crippen LogP contribution in [0, 0.1) is 12.3 Å². The van der Waals surface area contributed by atoms with Gasteiger partial charge in [-0.2, -0.15) is 0 Å². The van der Waals surface area contributed by atoms with Crippen molar-refractivity contribution in [2.24, 2.45) is 4.99 Å². The third kappa shape index (κ3) is 4.19. The highest BCUT2D eigenvalue weighted by Crippen LogP contribution is 2.28. The summed E-state index contributed by atoms with van der Waals surface area (Å²) in [6.07, 6.45) is 5.66. The van der Waals surface area contributed by atoms with E-state index >= 15 is 0 Å². The van der Waals surface area contributed by atoms with Crippen LogP contribution in [0.25, 0.3) is 11.0 Å². The van der Waals surface area contributed by atoms with Crippen molar-refractivity contribution in [3.8, 4) is 11.5 Å². The number of anilines is 2. The first-order valence-corrected chi connectivity index (χ1v) is 8.90. The number of hydrogen-bond acceptors (Lipinski definition) is 7. The summed E-state index contributed by atoms with van der Waals surface area (Å²) in [6.45, 7) is 1.94. The quantitative estimate of drug-likeness (QED) is 0.263. The van der Waals surface area contributed by atoms with E-state index in [-0.39, 0.29) is 5.28 Å². The zero-order chi connectivity index (χ0) is 20.2. The summed E-state index contributed by atoms with van der Waals surface area (Å²) in [6, 6.07) is 9.16. The van der Waals surface area contributed by atoms with E-state index in [1.807, 2.05) is 25.1 Å². The molecule has 3 N–H and O–H groups in total. The van der Waals surface area contributed by atoms with E-state index in [0.717, 1.165) is 17.6 Å². The molecule has 144 valence electrons. The van der Waals surface area contributed by atoms with E-state index in [4.69, 9.17) is 21.7 Å². The fraction of sp³-hybridized carbons (Fsp3) is 0.0526. The summed E-state index contributed by atoms with van der Waals surface area (Å²) < 4.78 is 5.94. The molecule has 0 aliphatic carbocycles. The highest BCUT2D eigenvalue weighted by molar-refractivity contribution is 6.28. The Morgan fingerprint density at radius 3 is 2.93 bits per heavy atom. The van der Waals surface area contributed by atoms with E-state index in [1.165, 1.54) is 6.33 Å². The minimum atomic E-state index is 0.129. The number of aromatic nitrogens is 5. The molecule has 0 fully saturated rings. The van der Waals surface area contributed by atoms with E-state index in [0.29, 0.717) is 33.8 Å². The highest BCUT2D eigenvalue weighted by Gasteiger charge is 2.09. The summed E-state index contributed by atoms with van der Waals surface area (Å²) in [7, 11) is 0. The highest BCUT2D eigenvalue weighted by atomic mass is 35.5. The number of aromatic amines is 1. The maximum Gasteiger partial charge on any atom is 0.223 e. The molecule has 3 heterocycles. The lowest BCUT2D eigenvalue weighted by atomic mass is 10.2. The molecule has 0 atom stereocenters. The number of nitrogens with zero attached hydrogens (tertiary/aromatic N) is 5. The number of fused-ring (bicyclic) bond motifs is 1. The predicted octanol–water partition coefficient (Wildman–Crippen LogP) is 3.75. The Kier molecular flexibility index (Phi) is 5.12. The second-order valence-corrected chi connectivity index (χ2v) is 6.31. The standard InChI is InChI=1S/C19H15ClN8O/c1-11-6-12(27-18-17-14(25-10-26-18)8-23-19(20)28-17)2-3-15(11)29-13-4-5-22-16(7-13)24-9-21/h2-10H,1H3,(H2,21,22,24)(H,25,26,27). The molecule has 0 bridgehead atoms. The third-order valence-corrected chi connectivity index (χ3v) is 4.16. The fourth-order valence-corrected chi connectivity index (χ4v) is 2.80. The minimum absolute atomic E-state index is 0.129. The monoisotopic (exact) mass is 406 g/mol. The number of hydrogen-bond donors (Lipinski definition) is 3. The summed E-state index contributed by atoms with van der Waals surface area (Å²) in [4.78, 5) is 23.4. The Balaban J connectivity index is 1.60. The van der Waals surface area contributed by atoms with Crippen molar-refractivity contribution in [2.75, 3.05) is 5.32 Å². The second-order valence-electron chi connectivity index (χ2n) is 5.97. The molecule has 29 heavy (non-hydrogen) atoms. The number of halogens is 1. The maximum absolute atomic E-state index is 7.06. The van der Waals surface area contributed by atoms with Crippen LogP contribution in [0.2, 0.25) is 5.28 Å². The summed E-state index contributed by atoms with van der Waals surface area (Å²) in [5.41, 5.74) is 3.39. The van der Waals surface area contributed by atoms with Gasteiger partial charge in [0.2, 0.25) is 5.28 Å². The van der Waals surface area contributed by atoms with Gasteiger partial charge in [-0.1, -0.05) is 0 Å². The minimum Gasteiger partial charge on any atom is -0.457 e. The average Bonchev–Trinajstić information content (AvgIpc) is 2.71. The van der Waals surface area contributed by atoms with Crippen molar-refractivity contribution < 1.29 is 4.74 Å². The SMILES string of the molecule is Cc1cc(Nc2ncnc3cnc(Cl)nc23)ccc1Oc1cc[nH]/c(=N\C=N)c1. The molecule has 3 aromatic heterocycles. The van der Waals surface area contributed by atoms with Crippen molar-refractivity contribution >= 4 is 40.5 Å². The molecular weight excluding hydrogens is 392 g/mol. The smallest absolute Gasteiger partial charge is 0.223 e. The van der Waals surface area contributed by atoms with Crippen molar-refractivity contribution in [1.29, 1.82) is 5.41 Å². The third-order valence-electron chi connectivity index (χ3n) is 3.97. The van der Waals surface area contributed by atoms with E-state index in [2.05, 4.69) is 35.2 Å². The van der Waals surface area contributed by atoms with Crippen LogP contribution in [0.4, 0.5) is 11.5 Å². The van der Waals surface area contributed by atoms with Crippen LogP contribution in [-0.2, 0) is 0 Å². The lowest BCUT2D eigenvalue weighted by Gasteiger charge is -2.12. The molecule has 0 radical (unpaired) electrons. The van der Waals surface area contributed by atoms with Gasteiger partial charge in [0.15, 0.2) is 5.82 Å². The van der Waals surface area contributed by atoms with Gasteiger partial charge in [-0.15, -0.1) is 0 Å². The number of H-pyrrole nitrogens is 1. The van der Waals surface area contributed by atoms with Crippen LogP contribution in [0.15, 0.2) is 54.0 Å². The number of nitrogens with one attached hydrogen (secondary N) is 3. The van der Waals surface area contributed by atoms with Crippen LogP contribution in [0.5, 0.6) is 11.5 Å². The van der Waals surface area contributed by atoms with Crippen molar-refractivity contribution in [2.45, 2.75) is 6.92 Å². The van der Waals surface area contributed by atoms with E-state index in [9.17, 15) is 0 Å². The van der Waals surface area contributed by atoms with E-state index in [1.54, 1.807) is 24.5 Å². The van der Waals surface area contributed by atoms with E-state index < -0.39 is 0 Å². The lowest BCUT2D eigenvalue weighted by molar-refractivity contribution is 0.477. The molecule has 0 unspecified atom stereocenters. The molecule has 0 saturated carbocycles. The zero-order valence-corrected chi connectivity index (χ0v) is 16.0. The Labute approximate surface area is 170 Å². The first-order valence-electron chi connectivity index (χ1n) is 8.53. The summed E-state index contributed by atoms with van der Waals surface area (Å²) in [5, 5.41) is 10.4. The Morgan fingerprint density at radius 1 is 1.21 bits per heavy atom. The van der Waals surface area contributed by atoms with Gasteiger partial charge < -0.3 is 15.0 Å². The van der Waals surface area contributed by atoms with Crippen LogP contribution >= 0.6 is 11.6 Å². The van der Waals surface area contributed by atoms with Gasteiger partial charge in [-0.25, -0.2) is 24.9 Å². The topological polar surface area (TPSA) is 125 Å². The van der Waals surface area contributed by atoms with Gasteiger partial charge in [-0.3, -0.25) is 5.41 Å². The molecule has 0 saturated heterocycles. The number of ether oxygens (including phenoxy) is 1. The molecule has 0 aliphatic rings. The summed E-state index contributed by atoms with van der Waals surface area (Å²) in [5.74, 6) is 1.84. The molecule has 9 nitrogen and oxygen atoms in total. The number of rotatable bonds is 5. The number of benzene rings is 1. The van der Waals surface area contributed by atoms with Crippen molar-refractivity contribution in [1.82, 2.24) is 24.9 Å². The van der Waals surface area contributed by atoms with Crippen molar-refractivity contribution in [3.05, 3.63) is 65.4 Å². The number of pyridine rings is 1. The van der Waals surface area contributed by atoms with Crippen LogP contribution < -0.4 is 15.5 Å². The first kappa shape index (κ1) is 18.5. The Morgan fingerprint density at radius 2 is 2.10 bits per heavy atom. The largest absolute Gasteiger partial charge is 0.457 e. The molecule has 1 aromatic carbocycles. The van der Waals surface area contributed by atoms with Gasteiger partial charge in [0, 0.05) is 18.0 Å².